The van der Waals surface area contributed by atoms with Gasteiger partial charge in [0.25, 0.3) is 0 Å². The fourth-order valence-electron chi connectivity index (χ4n) is 1.78. The third-order valence-electron chi connectivity index (χ3n) is 3.28. The molecule has 1 aromatic heterocycles. The van der Waals surface area contributed by atoms with Crippen LogP contribution in [0.4, 0.5) is 10.2 Å². The predicted molar refractivity (Wildman–Crippen MR) is 70.8 cm³/mol. The number of nitrogens with two attached hydrogens (primary N) is 2. The Labute approximate surface area is 110 Å². The van der Waals surface area contributed by atoms with E-state index in [2.05, 4.69) is 9.98 Å². The summed E-state index contributed by atoms with van der Waals surface area (Å²) in [5, 5.41) is 0. The van der Waals surface area contributed by atoms with Crippen LogP contribution in [0.2, 0.25) is 0 Å². The summed E-state index contributed by atoms with van der Waals surface area (Å²) in [4.78, 5) is 7.88. The third-order valence-corrected chi connectivity index (χ3v) is 5.80. The lowest BCUT2D eigenvalue weighted by atomic mass is 10.1. The van der Waals surface area contributed by atoms with Gasteiger partial charge < -0.3 is 11.5 Å². The molecular formula is C11H15FN4O2S. The SMILES string of the molecule is CC1(C)C(N)=NC(c2nc(N)ccc2F)CS1(=O)=O. The quantitative estimate of drug-likeness (QED) is 0.776. The summed E-state index contributed by atoms with van der Waals surface area (Å²) in [6.07, 6.45) is 0. The minimum Gasteiger partial charge on any atom is -0.386 e. The van der Waals surface area contributed by atoms with Crippen LogP contribution in [-0.2, 0) is 9.84 Å². The Kier molecular flexibility index (Phi) is 3.00. The smallest absolute Gasteiger partial charge is 0.165 e. The van der Waals surface area contributed by atoms with Gasteiger partial charge in [-0.05, 0) is 26.0 Å². The molecule has 1 unspecified atom stereocenters. The van der Waals surface area contributed by atoms with Gasteiger partial charge in [-0.1, -0.05) is 0 Å². The van der Waals surface area contributed by atoms with Crippen LogP contribution in [0.5, 0.6) is 0 Å². The molecule has 0 radical (unpaired) electrons. The number of nitrogen functional groups attached to an aromatic ring is 1. The van der Waals surface area contributed by atoms with E-state index in [4.69, 9.17) is 11.5 Å². The minimum atomic E-state index is -3.54. The lowest BCUT2D eigenvalue weighted by Crippen LogP contribution is -2.50. The molecule has 0 amide bonds. The van der Waals surface area contributed by atoms with Crippen LogP contribution >= 0.6 is 0 Å². The maximum atomic E-state index is 13.7. The number of pyridine rings is 1. The van der Waals surface area contributed by atoms with Gasteiger partial charge in [0, 0.05) is 0 Å². The van der Waals surface area contributed by atoms with Gasteiger partial charge in [0.05, 0.1) is 5.75 Å². The second-order valence-electron chi connectivity index (χ2n) is 4.93. The molecule has 0 aromatic carbocycles. The van der Waals surface area contributed by atoms with Crippen molar-refractivity contribution in [3.05, 3.63) is 23.6 Å². The number of nitrogens with zero attached hydrogens (tertiary/aromatic N) is 2. The summed E-state index contributed by atoms with van der Waals surface area (Å²) in [7, 11) is -3.54. The van der Waals surface area contributed by atoms with Crippen molar-refractivity contribution in [3.63, 3.8) is 0 Å². The lowest BCUT2D eigenvalue weighted by molar-refractivity contribution is 0.545. The number of anilines is 1. The average molecular weight is 286 g/mol. The molecule has 0 aliphatic carbocycles. The molecule has 1 aliphatic rings. The topological polar surface area (TPSA) is 111 Å². The molecular weight excluding hydrogens is 271 g/mol. The normalized spacial score (nSPS) is 24.8. The van der Waals surface area contributed by atoms with E-state index >= 15 is 0 Å². The van der Waals surface area contributed by atoms with Gasteiger partial charge >= 0.3 is 0 Å². The van der Waals surface area contributed by atoms with Crippen molar-refractivity contribution in [2.75, 3.05) is 11.5 Å². The van der Waals surface area contributed by atoms with Gasteiger partial charge in [0.2, 0.25) is 0 Å². The molecule has 0 saturated heterocycles. The standard InChI is InChI=1S/C11H15FN4O2S/c1-11(2)10(14)15-7(5-19(11,17)18)9-6(12)3-4-8(13)16-9/h3-4,7H,5H2,1-2H3,(H2,13,16)(H2,14,15). The van der Waals surface area contributed by atoms with Crippen LogP contribution in [0.15, 0.2) is 17.1 Å². The van der Waals surface area contributed by atoms with Gasteiger partial charge in [-0.25, -0.2) is 17.8 Å². The molecule has 8 heteroatoms. The molecule has 1 atom stereocenters. The number of sulfone groups is 1. The van der Waals surface area contributed by atoms with Crippen LogP contribution in [0.1, 0.15) is 25.6 Å². The Hall–Kier alpha value is -1.70. The number of aromatic nitrogens is 1. The van der Waals surface area contributed by atoms with Crippen molar-refractivity contribution in [2.24, 2.45) is 10.7 Å². The minimum absolute atomic E-state index is 0.0487. The van der Waals surface area contributed by atoms with Crippen molar-refractivity contribution in [2.45, 2.75) is 24.6 Å². The number of halogens is 1. The molecule has 2 heterocycles. The first-order valence-electron chi connectivity index (χ1n) is 5.63. The van der Waals surface area contributed by atoms with E-state index < -0.39 is 26.4 Å². The third kappa shape index (κ3) is 2.16. The molecule has 19 heavy (non-hydrogen) atoms. The van der Waals surface area contributed by atoms with Crippen molar-refractivity contribution < 1.29 is 12.8 Å². The number of hydrogen-bond donors (Lipinski definition) is 2. The summed E-state index contributed by atoms with van der Waals surface area (Å²) in [6, 6.07) is 1.48. The Morgan fingerprint density at radius 2 is 2.00 bits per heavy atom. The molecule has 6 nitrogen and oxygen atoms in total. The van der Waals surface area contributed by atoms with Crippen molar-refractivity contribution >= 4 is 21.5 Å². The highest BCUT2D eigenvalue weighted by atomic mass is 32.2. The van der Waals surface area contributed by atoms with E-state index in [1.54, 1.807) is 0 Å². The van der Waals surface area contributed by atoms with Gasteiger partial charge in [-0.15, -0.1) is 0 Å². The number of rotatable bonds is 1. The van der Waals surface area contributed by atoms with Gasteiger partial charge in [-0.2, -0.15) is 0 Å². The van der Waals surface area contributed by atoms with E-state index in [0.717, 1.165) is 6.07 Å². The average Bonchev–Trinajstić information content (AvgIpc) is 2.29. The monoisotopic (exact) mass is 286 g/mol. The fourth-order valence-corrected chi connectivity index (χ4v) is 3.22. The number of hydrogen-bond acceptors (Lipinski definition) is 6. The summed E-state index contributed by atoms with van der Waals surface area (Å²) in [6.45, 7) is 2.95. The van der Waals surface area contributed by atoms with E-state index in [1.165, 1.54) is 19.9 Å². The summed E-state index contributed by atoms with van der Waals surface area (Å²) >= 11 is 0. The summed E-state index contributed by atoms with van der Waals surface area (Å²) in [5.74, 6) is -0.931. The molecule has 0 spiro atoms. The largest absolute Gasteiger partial charge is 0.386 e. The highest BCUT2D eigenvalue weighted by molar-refractivity contribution is 7.93. The number of amidine groups is 1. The molecule has 104 valence electrons. The van der Waals surface area contributed by atoms with Crippen molar-refractivity contribution in [3.8, 4) is 0 Å². The molecule has 2 rings (SSSR count). The zero-order valence-electron chi connectivity index (χ0n) is 10.6. The molecule has 1 aliphatic heterocycles. The Morgan fingerprint density at radius 1 is 1.37 bits per heavy atom. The Morgan fingerprint density at radius 3 is 2.58 bits per heavy atom. The van der Waals surface area contributed by atoms with Gasteiger partial charge in [0.1, 0.15) is 34.0 Å². The van der Waals surface area contributed by atoms with Gasteiger partial charge in [-0.3, -0.25) is 4.99 Å². The molecule has 0 saturated carbocycles. The maximum absolute atomic E-state index is 13.7. The second-order valence-corrected chi connectivity index (χ2v) is 7.51. The zero-order valence-corrected chi connectivity index (χ0v) is 11.4. The second kappa shape index (κ2) is 4.16. The van der Waals surface area contributed by atoms with Crippen LogP contribution in [0, 0.1) is 5.82 Å². The van der Waals surface area contributed by atoms with E-state index in [9.17, 15) is 12.8 Å². The molecule has 0 bridgehead atoms. The zero-order chi connectivity index (χ0) is 14.4. The molecule has 1 aromatic rings. The van der Waals surface area contributed by atoms with Crippen molar-refractivity contribution in [1.82, 2.24) is 4.98 Å². The lowest BCUT2D eigenvalue weighted by Gasteiger charge is -2.31. The fraction of sp³-hybridized carbons (Fsp3) is 0.455. The molecule has 4 N–H and O–H groups in total. The molecule has 0 fully saturated rings. The van der Waals surface area contributed by atoms with E-state index in [0.29, 0.717) is 0 Å². The maximum Gasteiger partial charge on any atom is 0.165 e. The predicted octanol–water partition coefficient (Wildman–Crippen LogP) is 0.408. The number of aliphatic imine (C=N–C) groups is 1. The first-order valence-corrected chi connectivity index (χ1v) is 7.28. The van der Waals surface area contributed by atoms with Crippen molar-refractivity contribution in [1.29, 1.82) is 0 Å². The van der Waals surface area contributed by atoms with Crippen LogP contribution in [-0.4, -0.2) is 29.7 Å². The Balaban J connectivity index is 2.55. The first-order chi connectivity index (χ1) is 8.65. The van der Waals surface area contributed by atoms with Gasteiger partial charge in [0.15, 0.2) is 9.84 Å². The summed E-state index contributed by atoms with van der Waals surface area (Å²) < 4.78 is 36.8. The van der Waals surface area contributed by atoms with Crippen LogP contribution < -0.4 is 11.5 Å². The summed E-state index contributed by atoms with van der Waals surface area (Å²) in [5.41, 5.74) is 11.1. The van der Waals surface area contributed by atoms with Crippen LogP contribution in [0.25, 0.3) is 0 Å². The van der Waals surface area contributed by atoms with E-state index in [1.807, 2.05) is 0 Å². The first kappa shape index (κ1) is 13.7. The highest BCUT2D eigenvalue weighted by Gasteiger charge is 2.44. The highest BCUT2D eigenvalue weighted by Crippen LogP contribution is 2.32. The van der Waals surface area contributed by atoms with E-state index in [-0.39, 0.29) is 23.1 Å². The Bertz CT molecular complexity index is 655. The van der Waals surface area contributed by atoms with Crippen LogP contribution in [0.3, 0.4) is 0 Å².